The van der Waals surface area contributed by atoms with E-state index in [2.05, 4.69) is 20.8 Å². The van der Waals surface area contributed by atoms with Crippen molar-refractivity contribution < 1.29 is 23.9 Å². The standard InChI is InChI=1S/C18H31NO5/c1-17(2,3)8-11-23-15(21)14-13(20)7-10-19(14)16(22)24-12-9-18(4,5)6/h14H,7-12H2,1-6H3. The summed E-state index contributed by atoms with van der Waals surface area (Å²) in [7, 11) is 0. The first-order valence-corrected chi connectivity index (χ1v) is 8.53. The Morgan fingerprint density at radius 2 is 1.50 bits per heavy atom. The molecule has 0 radical (unpaired) electrons. The molecule has 6 heteroatoms. The minimum Gasteiger partial charge on any atom is -0.464 e. The number of carbonyl (C=O) groups is 3. The summed E-state index contributed by atoms with van der Waals surface area (Å²) in [5, 5.41) is 0. The molecule has 1 amide bonds. The zero-order valence-electron chi connectivity index (χ0n) is 15.8. The third kappa shape index (κ3) is 6.89. The Labute approximate surface area is 144 Å². The second-order valence-electron chi connectivity index (χ2n) is 8.72. The number of carbonyl (C=O) groups excluding carboxylic acids is 3. The number of rotatable bonds is 5. The summed E-state index contributed by atoms with van der Waals surface area (Å²) in [6, 6.07) is -1.16. The summed E-state index contributed by atoms with van der Waals surface area (Å²) in [6.07, 6.45) is 0.937. The summed E-state index contributed by atoms with van der Waals surface area (Å²) in [5.74, 6) is -0.946. The highest BCUT2D eigenvalue weighted by molar-refractivity contribution is 6.07. The average Bonchev–Trinajstić information content (AvgIpc) is 2.77. The molecule has 0 spiro atoms. The zero-order chi connectivity index (χ0) is 18.5. The van der Waals surface area contributed by atoms with Crippen LogP contribution < -0.4 is 0 Å². The van der Waals surface area contributed by atoms with Crippen molar-refractivity contribution in [2.24, 2.45) is 10.8 Å². The van der Waals surface area contributed by atoms with Gasteiger partial charge in [-0.3, -0.25) is 9.69 Å². The molecule has 1 rings (SSSR count). The molecule has 0 aromatic rings. The Hall–Kier alpha value is -1.59. The van der Waals surface area contributed by atoms with E-state index in [1.165, 1.54) is 4.90 Å². The van der Waals surface area contributed by atoms with Crippen LogP contribution in [0.4, 0.5) is 4.79 Å². The molecule has 1 atom stereocenters. The highest BCUT2D eigenvalue weighted by atomic mass is 16.6. The van der Waals surface area contributed by atoms with E-state index in [1.54, 1.807) is 0 Å². The van der Waals surface area contributed by atoms with Crippen molar-refractivity contribution in [1.82, 2.24) is 4.90 Å². The van der Waals surface area contributed by atoms with Crippen LogP contribution in [-0.2, 0) is 19.1 Å². The van der Waals surface area contributed by atoms with Gasteiger partial charge in [0.25, 0.3) is 0 Å². The van der Waals surface area contributed by atoms with E-state index >= 15 is 0 Å². The molecule has 1 saturated heterocycles. The molecule has 6 nitrogen and oxygen atoms in total. The number of ketones is 1. The summed E-state index contributed by atoms with van der Waals surface area (Å²) < 4.78 is 10.4. The predicted molar refractivity (Wildman–Crippen MR) is 90.6 cm³/mol. The van der Waals surface area contributed by atoms with Gasteiger partial charge in [-0.1, -0.05) is 41.5 Å². The van der Waals surface area contributed by atoms with Gasteiger partial charge in [-0.25, -0.2) is 9.59 Å². The second-order valence-corrected chi connectivity index (χ2v) is 8.72. The van der Waals surface area contributed by atoms with Crippen molar-refractivity contribution in [3.63, 3.8) is 0 Å². The number of amides is 1. The lowest BCUT2D eigenvalue weighted by Crippen LogP contribution is -2.45. The maximum atomic E-state index is 12.2. The molecule has 0 aromatic carbocycles. The molecule has 1 heterocycles. The van der Waals surface area contributed by atoms with Crippen molar-refractivity contribution in [2.75, 3.05) is 19.8 Å². The van der Waals surface area contributed by atoms with Gasteiger partial charge >= 0.3 is 12.1 Å². The minimum atomic E-state index is -1.16. The fraction of sp³-hybridized carbons (Fsp3) is 0.833. The van der Waals surface area contributed by atoms with E-state index in [1.807, 2.05) is 20.8 Å². The number of likely N-dealkylation sites (tertiary alicyclic amines) is 1. The lowest BCUT2D eigenvalue weighted by molar-refractivity contribution is -0.151. The highest BCUT2D eigenvalue weighted by Crippen LogP contribution is 2.21. The Morgan fingerprint density at radius 1 is 1.00 bits per heavy atom. The summed E-state index contributed by atoms with van der Waals surface area (Å²) in [5.41, 5.74) is 0.0813. The third-order valence-corrected chi connectivity index (χ3v) is 3.85. The van der Waals surface area contributed by atoms with Crippen LogP contribution in [0.1, 0.15) is 60.8 Å². The van der Waals surface area contributed by atoms with Gasteiger partial charge in [-0.05, 0) is 23.7 Å². The predicted octanol–water partition coefficient (Wildman–Crippen LogP) is 3.18. The fourth-order valence-electron chi connectivity index (χ4n) is 2.19. The van der Waals surface area contributed by atoms with Gasteiger partial charge in [0, 0.05) is 13.0 Å². The largest absolute Gasteiger partial charge is 0.464 e. The Balaban J connectivity index is 2.56. The van der Waals surface area contributed by atoms with Crippen molar-refractivity contribution in [1.29, 1.82) is 0 Å². The molecule has 0 N–H and O–H groups in total. The number of esters is 1. The van der Waals surface area contributed by atoms with Crippen molar-refractivity contribution in [2.45, 2.75) is 66.8 Å². The van der Waals surface area contributed by atoms with Crippen LogP contribution in [0, 0.1) is 10.8 Å². The van der Waals surface area contributed by atoms with Gasteiger partial charge in [0.15, 0.2) is 11.8 Å². The van der Waals surface area contributed by atoms with E-state index in [-0.39, 0.29) is 42.8 Å². The molecule has 0 saturated carbocycles. The van der Waals surface area contributed by atoms with Gasteiger partial charge in [0.05, 0.1) is 13.2 Å². The van der Waals surface area contributed by atoms with Gasteiger partial charge in [0.2, 0.25) is 0 Å². The van der Waals surface area contributed by atoms with Crippen LogP contribution >= 0.6 is 0 Å². The molecule has 1 unspecified atom stereocenters. The smallest absolute Gasteiger partial charge is 0.410 e. The SMILES string of the molecule is CC(C)(C)CCOC(=O)C1C(=O)CCN1C(=O)OCCC(C)(C)C. The maximum Gasteiger partial charge on any atom is 0.410 e. The summed E-state index contributed by atoms with van der Waals surface area (Å²) in [6.45, 7) is 13.0. The normalized spacial score (nSPS) is 18.7. The van der Waals surface area contributed by atoms with Crippen molar-refractivity contribution >= 4 is 17.8 Å². The quantitative estimate of drug-likeness (QED) is 0.567. The molecule has 0 aromatic heterocycles. The molecule has 1 aliphatic rings. The van der Waals surface area contributed by atoms with Crippen molar-refractivity contribution in [3.8, 4) is 0 Å². The molecule has 138 valence electrons. The first-order chi connectivity index (χ1) is 10.9. The second kappa shape index (κ2) is 7.99. The number of Topliss-reactive ketones (excluding diaryl/α,β-unsaturated/α-hetero) is 1. The number of ether oxygens (including phenoxy) is 2. The van der Waals surface area contributed by atoms with E-state index in [4.69, 9.17) is 9.47 Å². The van der Waals surface area contributed by atoms with Gasteiger partial charge < -0.3 is 9.47 Å². The van der Waals surface area contributed by atoms with Crippen molar-refractivity contribution in [3.05, 3.63) is 0 Å². The fourth-order valence-corrected chi connectivity index (χ4v) is 2.19. The maximum absolute atomic E-state index is 12.2. The number of hydrogen-bond acceptors (Lipinski definition) is 5. The van der Waals surface area contributed by atoms with E-state index in [0.717, 1.165) is 0 Å². The summed E-state index contributed by atoms with van der Waals surface area (Å²) >= 11 is 0. The van der Waals surface area contributed by atoms with E-state index < -0.39 is 18.1 Å². The zero-order valence-corrected chi connectivity index (χ0v) is 15.8. The van der Waals surface area contributed by atoms with E-state index in [0.29, 0.717) is 12.8 Å². The van der Waals surface area contributed by atoms with Gasteiger partial charge in [0.1, 0.15) is 0 Å². The average molecular weight is 341 g/mol. The molecule has 24 heavy (non-hydrogen) atoms. The highest BCUT2D eigenvalue weighted by Gasteiger charge is 2.43. The molecule has 0 bridgehead atoms. The third-order valence-electron chi connectivity index (χ3n) is 3.85. The monoisotopic (exact) mass is 341 g/mol. The lowest BCUT2D eigenvalue weighted by Gasteiger charge is -2.24. The Morgan fingerprint density at radius 3 is 2.00 bits per heavy atom. The number of hydrogen-bond donors (Lipinski definition) is 0. The van der Waals surface area contributed by atoms with Crippen LogP contribution in [0.5, 0.6) is 0 Å². The molecular formula is C18H31NO5. The molecule has 1 fully saturated rings. The Kier molecular flexibility index (Phi) is 6.81. The molecular weight excluding hydrogens is 310 g/mol. The summed E-state index contributed by atoms with van der Waals surface area (Å²) in [4.78, 5) is 37.5. The van der Waals surface area contributed by atoms with Crippen LogP contribution in [-0.4, -0.2) is 48.5 Å². The van der Waals surface area contributed by atoms with Crippen LogP contribution in [0.3, 0.4) is 0 Å². The topological polar surface area (TPSA) is 72.9 Å². The molecule has 0 aliphatic carbocycles. The van der Waals surface area contributed by atoms with Crippen LogP contribution in [0.15, 0.2) is 0 Å². The van der Waals surface area contributed by atoms with Crippen LogP contribution in [0.2, 0.25) is 0 Å². The van der Waals surface area contributed by atoms with E-state index in [9.17, 15) is 14.4 Å². The van der Waals surface area contributed by atoms with Gasteiger partial charge in [-0.15, -0.1) is 0 Å². The van der Waals surface area contributed by atoms with Crippen LogP contribution in [0.25, 0.3) is 0 Å². The lowest BCUT2D eigenvalue weighted by atomic mass is 9.93. The minimum absolute atomic E-state index is 0.0333. The molecule has 1 aliphatic heterocycles. The van der Waals surface area contributed by atoms with Gasteiger partial charge in [-0.2, -0.15) is 0 Å². The first-order valence-electron chi connectivity index (χ1n) is 8.53. The first kappa shape index (κ1) is 20.5. The Bertz CT molecular complexity index is 473. The number of nitrogens with zero attached hydrogens (tertiary/aromatic N) is 1.